The van der Waals surface area contributed by atoms with Crippen molar-refractivity contribution in [2.75, 3.05) is 26.2 Å². The summed E-state index contributed by atoms with van der Waals surface area (Å²) < 4.78 is 27.4. The van der Waals surface area contributed by atoms with Gasteiger partial charge in [0.15, 0.2) is 0 Å². The molecule has 0 radical (unpaired) electrons. The molecule has 0 bridgehead atoms. The van der Waals surface area contributed by atoms with Gasteiger partial charge in [-0.15, -0.1) is 12.4 Å². The fraction of sp³-hybridized carbons (Fsp3) is 0.450. The quantitative estimate of drug-likeness (QED) is 0.797. The van der Waals surface area contributed by atoms with Gasteiger partial charge in [0, 0.05) is 26.2 Å². The molecular weight excluding hydrogens is 398 g/mol. The second-order valence-corrected chi connectivity index (χ2v) is 9.09. The van der Waals surface area contributed by atoms with Crippen LogP contribution in [0, 0.1) is 5.92 Å². The Hall–Kier alpha value is -1.67. The van der Waals surface area contributed by atoms with Crippen molar-refractivity contribution in [1.29, 1.82) is 0 Å². The van der Waals surface area contributed by atoms with Gasteiger partial charge < -0.3 is 10.6 Å². The number of nitrogens with two attached hydrogens (primary N) is 1. The second-order valence-electron chi connectivity index (χ2n) is 7.15. The molecule has 8 heteroatoms. The lowest BCUT2D eigenvalue weighted by Gasteiger charge is -2.36. The molecule has 1 aliphatic rings. The molecule has 2 aromatic rings. The van der Waals surface area contributed by atoms with Gasteiger partial charge >= 0.3 is 0 Å². The molecule has 1 fully saturated rings. The number of sulfonamides is 1. The van der Waals surface area contributed by atoms with E-state index in [1.165, 1.54) is 4.31 Å². The van der Waals surface area contributed by atoms with Crippen LogP contribution in [0.15, 0.2) is 47.4 Å². The van der Waals surface area contributed by atoms with Gasteiger partial charge in [0.05, 0.1) is 10.9 Å². The van der Waals surface area contributed by atoms with E-state index in [9.17, 15) is 13.2 Å². The number of piperazine rings is 1. The van der Waals surface area contributed by atoms with Crippen LogP contribution in [0.3, 0.4) is 0 Å². The lowest BCUT2D eigenvalue weighted by Crippen LogP contribution is -2.55. The van der Waals surface area contributed by atoms with E-state index in [0.717, 1.165) is 17.2 Å². The molecule has 2 aromatic carbocycles. The minimum atomic E-state index is -3.58. The van der Waals surface area contributed by atoms with Gasteiger partial charge in [-0.1, -0.05) is 50.6 Å². The lowest BCUT2D eigenvalue weighted by molar-refractivity contribution is -0.134. The molecule has 154 valence electrons. The number of nitrogens with zero attached hydrogens (tertiary/aromatic N) is 2. The highest BCUT2D eigenvalue weighted by Gasteiger charge is 2.32. The number of carbonyl (C=O) groups is 1. The van der Waals surface area contributed by atoms with Crippen LogP contribution in [-0.4, -0.2) is 55.8 Å². The summed E-state index contributed by atoms with van der Waals surface area (Å²) in [5.74, 6) is 0.0176. The monoisotopic (exact) mass is 425 g/mol. The van der Waals surface area contributed by atoms with Crippen LogP contribution in [0.25, 0.3) is 10.8 Å². The van der Waals surface area contributed by atoms with Crippen LogP contribution in [0.5, 0.6) is 0 Å². The smallest absolute Gasteiger partial charge is 0.243 e. The van der Waals surface area contributed by atoms with Crippen molar-refractivity contribution < 1.29 is 13.2 Å². The molecule has 0 saturated carbocycles. The Morgan fingerprint density at radius 2 is 1.68 bits per heavy atom. The number of carbonyl (C=O) groups excluding carboxylic acids is 1. The highest BCUT2D eigenvalue weighted by Crippen LogP contribution is 2.23. The molecule has 1 saturated heterocycles. The number of rotatable bonds is 5. The van der Waals surface area contributed by atoms with E-state index in [1.54, 1.807) is 17.0 Å². The number of benzene rings is 2. The first-order valence-electron chi connectivity index (χ1n) is 9.38. The van der Waals surface area contributed by atoms with E-state index in [4.69, 9.17) is 5.73 Å². The van der Waals surface area contributed by atoms with Crippen molar-refractivity contribution in [3.8, 4) is 0 Å². The highest BCUT2D eigenvalue weighted by molar-refractivity contribution is 7.89. The molecular formula is C20H28ClN3O3S. The molecule has 2 N–H and O–H groups in total. The van der Waals surface area contributed by atoms with Crippen molar-refractivity contribution in [3.63, 3.8) is 0 Å². The summed E-state index contributed by atoms with van der Waals surface area (Å²) in [7, 11) is -3.58. The molecule has 2 atom stereocenters. The number of hydrogen-bond donors (Lipinski definition) is 1. The van der Waals surface area contributed by atoms with Gasteiger partial charge in [-0.25, -0.2) is 8.42 Å². The SMILES string of the molecule is CCC(C)C(N)C(=O)N1CCN(S(=O)(=O)c2ccc3ccccc3c2)CC1.Cl. The van der Waals surface area contributed by atoms with Crippen LogP contribution in [0.4, 0.5) is 0 Å². The second kappa shape index (κ2) is 9.22. The molecule has 3 rings (SSSR count). The molecule has 28 heavy (non-hydrogen) atoms. The maximum absolute atomic E-state index is 13.0. The zero-order valence-electron chi connectivity index (χ0n) is 16.2. The van der Waals surface area contributed by atoms with Crippen LogP contribution in [-0.2, 0) is 14.8 Å². The maximum atomic E-state index is 13.0. The van der Waals surface area contributed by atoms with Crippen LogP contribution in [0.2, 0.25) is 0 Å². The van der Waals surface area contributed by atoms with Crippen molar-refractivity contribution in [1.82, 2.24) is 9.21 Å². The van der Waals surface area contributed by atoms with E-state index in [2.05, 4.69) is 0 Å². The predicted octanol–water partition coefficient (Wildman–Crippen LogP) is 2.47. The van der Waals surface area contributed by atoms with Crippen molar-refractivity contribution in [2.24, 2.45) is 11.7 Å². The molecule has 0 aliphatic carbocycles. The molecule has 2 unspecified atom stereocenters. The third-order valence-electron chi connectivity index (χ3n) is 5.45. The van der Waals surface area contributed by atoms with Crippen molar-refractivity contribution >= 4 is 39.1 Å². The first-order valence-corrected chi connectivity index (χ1v) is 10.8. The normalized spacial score (nSPS) is 17.8. The van der Waals surface area contributed by atoms with Crippen LogP contribution in [0.1, 0.15) is 20.3 Å². The van der Waals surface area contributed by atoms with Gasteiger partial charge in [-0.3, -0.25) is 4.79 Å². The first-order chi connectivity index (χ1) is 12.8. The number of fused-ring (bicyclic) bond motifs is 1. The number of hydrogen-bond acceptors (Lipinski definition) is 4. The van der Waals surface area contributed by atoms with E-state index >= 15 is 0 Å². The molecule has 1 heterocycles. The standard InChI is InChI=1S/C20H27N3O3S.ClH/c1-3-15(2)19(21)20(24)22-10-12-23(13-11-22)27(25,26)18-9-8-16-6-4-5-7-17(16)14-18;/h4-9,14-15,19H,3,10-13,21H2,1-2H3;1H. The lowest BCUT2D eigenvalue weighted by atomic mass is 9.99. The van der Waals surface area contributed by atoms with Gasteiger partial charge in [0.1, 0.15) is 0 Å². The number of amides is 1. The Bertz CT molecular complexity index is 927. The van der Waals surface area contributed by atoms with Crippen LogP contribution < -0.4 is 5.73 Å². The van der Waals surface area contributed by atoms with Gasteiger partial charge in [-0.05, 0) is 28.8 Å². The Balaban J connectivity index is 0.00000280. The van der Waals surface area contributed by atoms with E-state index in [-0.39, 0.29) is 42.2 Å². The Kier molecular flexibility index (Phi) is 7.45. The summed E-state index contributed by atoms with van der Waals surface area (Å²) in [5, 5.41) is 1.90. The number of halogens is 1. The Labute approximate surface area is 173 Å². The minimum Gasteiger partial charge on any atom is -0.339 e. The van der Waals surface area contributed by atoms with Crippen molar-refractivity contribution in [3.05, 3.63) is 42.5 Å². The van der Waals surface area contributed by atoms with E-state index in [0.29, 0.717) is 13.1 Å². The topological polar surface area (TPSA) is 83.7 Å². The van der Waals surface area contributed by atoms with E-state index in [1.807, 2.05) is 44.2 Å². The fourth-order valence-corrected chi connectivity index (χ4v) is 4.79. The van der Waals surface area contributed by atoms with E-state index < -0.39 is 16.1 Å². The summed E-state index contributed by atoms with van der Waals surface area (Å²) in [6.45, 7) is 5.28. The summed E-state index contributed by atoms with van der Waals surface area (Å²) in [4.78, 5) is 14.5. The summed E-state index contributed by atoms with van der Waals surface area (Å²) >= 11 is 0. The van der Waals surface area contributed by atoms with Gasteiger partial charge in [0.2, 0.25) is 15.9 Å². The van der Waals surface area contributed by atoms with Gasteiger partial charge in [0.25, 0.3) is 0 Å². The molecule has 1 amide bonds. The Morgan fingerprint density at radius 1 is 1.07 bits per heavy atom. The van der Waals surface area contributed by atoms with Gasteiger partial charge in [-0.2, -0.15) is 4.31 Å². The minimum absolute atomic E-state index is 0. The summed E-state index contributed by atoms with van der Waals surface area (Å²) in [5.41, 5.74) is 6.04. The average molecular weight is 426 g/mol. The molecule has 1 aliphatic heterocycles. The van der Waals surface area contributed by atoms with Crippen molar-refractivity contribution in [2.45, 2.75) is 31.2 Å². The molecule has 6 nitrogen and oxygen atoms in total. The Morgan fingerprint density at radius 3 is 2.29 bits per heavy atom. The molecule has 0 aromatic heterocycles. The average Bonchev–Trinajstić information content (AvgIpc) is 2.71. The zero-order chi connectivity index (χ0) is 19.6. The predicted molar refractivity (Wildman–Crippen MR) is 114 cm³/mol. The summed E-state index contributed by atoms with van der Waals surface area (Å²) in [6.07, 6.45) is 0.837. The fourth-order valence-electron chi connectivity index (χ4n) is 3.33. The third-order valence-corrected chi connectivity index (χ3v) is 7.35. The highest BCUT2D eigenvalue weighted by atomic mass is 35.5. The zero-order valence-corrected chi connectivity index (χ0v) is 17.9. The third kappa shape index (κ3) is 4.49. The largest absolute Gasteiger partial charge is 0.339 e. The molecule has 0 spiro atoms. The van der Waals surface area contributed by atoms with Crippen LogP contribution >= 0.6 is 12.4 Å². The first kappa shape index (κ1) is 22.6. The summed E-state index contributed by atoms with van der Waals surface area (Å²) in [6, 6.07) is 12.3. The maximum Gasteiger partial charge on any atom is 0.243 e.